The molecule has 0 saturated heterocycles. The van der Waals surface area contributed by atoms with Crippen molar-refractivity contribution in [2.45, 2.75) is 93.9 Å². The molecule has 0 aromatic rings. The standard InChI is InChI=1S/C23H39NO.CH4/c1-8-14-23(15-9-2,17-25-7)22-13-12-20(16-18(22)5)19(6)24-21(10-3)11-4;/h10,16H,8-9,11-15,17H2,1-7H3;1H4/b21-10-,24-19?;. The Kier molecular flexibility index (Phi) is 11.7. The summed E-state index contributed by atoms with van der Waals surface area (Å²) < 4.78 is 5.68. The summed E-state index contributed by atoms with van der Waals surface area (Å²) in [6, 6.07) is 0. The van der Waals surface area contributed by atoms with Crippen molar-refractivity contribution in [1.29, 1.82) is 0 Å². The summed E-state index contributed by atoms with van der Waals surface area (Å²) in [6.07, 6.45) is 12.6. The fraction of sp³-hybridized carbons (Fsp3) is 0.708. The highest BCUT2D eigenvalue weighted by atomic mass is 16.5. The molecule has 0 aliphatic heterocycles. The number of nitrogens with zero attached hydrogens (tertiary/aromatic N) is 1. The van der Waals surface area contributed by atoms with Gasteiger partial charge in [-0.3, -0.25) is 4.99 Å². The third-order valence-electron chi connectivity index (χ3n) is 5.50. The molecule has 0 radical (unpaired) electrons. The largest absolute Gasteiger partial charge is 0.384 e. The van der Waals surface area contributed by atoms with Crippen molar-refractivity contribution in [3.63, 3.8) is 0 Å². The zero-order valence-corrected chi connectivity index (χ0v) is 17.7. The number of rotatable bonds is 10. The van der Waals surface area contributed by atoms with E-state index in [1.165, 1.54) is 48.2 Å². The van der Waals surface area contributed by atoms with Gasteiger partial charge >= 0.3 is 0 Å². The van der Waals surface area contributed by atoms with Crippen LogP contribution in [-0.2, 0) is 4.74 Å². The van der Waals surface area contributed by atoms with Crippen molar-refractivity contribution in [1.82, 2.24) is 0 Å². The van der Waals surface area contributed by atoms with E-state index >= 15 is 0 Å². The molecule has 1 rings (SSSR count). The number of hydrogen-bond acceptors (Lipinski definition) is 2. The Morgan fingerprint density at radius 2 is 1.81 bits per heavy atom. The van der Waals surface area contributed by atoms with Gasteiger partial charge in [0.05, 0.1) is 6.61 Å². The fourth-order valence-electron chi connectivity index (χ4n) is 4.37. The summed E-state index contributed by atoms with van der Waals surface area (Å²) in [6.45, 7) is 14.1. The van der Waals surface area contributed by atoms with Crippen LogP contribution in [0.3, 0.4) is 0 Å². The van der Waals surface area contributed by atoms with E-state index in [0.29, 0.717) is 0 Å². The normalized spacial score (nSPS) is 16.5. The smallest absolute Gasteiger partial charge is 0.0556 e. The van der Waals surface area contributed by atoms with E-state index in [1.54, 1.807) is 5.57 Å². The molecule has 1 aliphatic carbocycles. The predicted molar refractivity (Wildman–Crippen MR) is 118 cm³/mol. The van der Waals surface area contributed by atoms with Crippen LogP contribution in [-0.4, -0.2) is 19.4 Å². The lowest BCUT2D eigenvalue weighted by atomic mass is 9.68. The lowest BCUT2D eigenvalue weighted by molar-refractivity contribution is 0.0863. The van der Waals surface area contributed by atoms with E-state index in [2.05, 4.69) is 53.7 Å². The maximum Gasteiger partial charge on any atom is 0.0556 e. The Balaban J connectivity index is 0.00000625. The first-order chi connectivity index (χ1) is 12.0. The van der Waals surface area contributed by atoms with Crippen LogP contribution < -0.4 is 0 Å². The molecular formula is C24H43NO. The van der Waals surface area contributed by atoms with Crippen molar-refractivity contribution >= 4 is 5.71 Å². The van der Waals surface area contributed by atoms with Gasteiger partial charge in [0.25, 0.3) is 0 Å². The highest BCUT2D eigenvalue weighted by Gasteiger charge is 2.34. The highest BCUT2D eigenvalue weighted by molar-refractivity contribution is 5.99. The van der Waals surface area contributed by atoms with E-state index in [4.69, 9.17) is 9.73 Å². The molecule has 0 aromatic heterocycles. The van der Waals surface area contributed by atoms with Gasteiger partial charge in [-0.15, -0.1) is 0 Å². The van der Waals surface area contributed by atoms with Crippen molar-refractivity contribution in [3.8, 4) is 0 Å². The molecule has 0 aromatic carbocycles. The molecule has 2 heteroatoms. The van der Waals surface area contributed by atoms with E-state index in [1.807, 2.05) is 7.11 Å². The van der Waals surface area contributed by atoms with E-state index in [9.17, 15) is 0 Å². The van der Waals surface area contributed by atoms with Gasteiger partial charge < -0.3 is 4.74 Å². The minimum atomic E-state index is 0. The highest BCUT2D eigenvalue weighted by Crippen LogP contribution is 2.44. The summed E-state index contributed by atoms with van der Waals surface area (Å²) >= 11 is 0. The minimum absolute atomic E-state index is 0. The van der Waals surface area contributed by atoms with Crippen LogP contribution in [0.25, 0.3) is 0 Å². The van der Waals surface area contributed by atoms with Gasteiger partial charge in [0.1, 0.15) is 0 Å². The van der Waals surface area contributed by atoms with Crippen LogP contribution in [0, 0.1) is 5.41 Å². The molecule has 1 aliphatic rings. The molecule has 0 unspecified atom stereocenters. The second kappa shape index (κ2) is 12.3. The van der Waals surface area contributed by atoms with Gasteiger partial charge in [-0.2, -0.15) is 0 Å². The van der Waals surface area contributed by atoms with Crippen LogP contribution in [0.15, 0.2) is 39.6 Å². The number of aliphatic imine (C=N–C) groups is 1. The molecule has 0 heterocycles. The molecule has 0 N–H and O–H groups in total. The number of hydrogen-bond donors (Lipinski definition) is 0. The van der Waals surface area contributed by atoms with Crippen LogP contribution in [0.5, 0.6) is 0 Å². The van der Waals surface area contributed by atoms with E-state index in [-0.39, 0.29) is 12.8 Å². The van der Waals surface area contributed by atoms with Gasteiger partial charge in [0, 0.05) is 23.9 Å². The topological polar surface area (TPSA) is 21.6 Å². The first-order valence-corrected chi connectivity index (χ1v) is 10.1. The van der Waals surface area contributed by atoms with Crippen molar-refractivity contribution in [3.05, 3.63) is 34.6 Å². The van der Waals surface area contributed by atoms with Crippen LogP contribution in [0.2, 0.25) is 0 Å². The van der Waals surface area contributed by atoms with Crippen LogP contribution in [0.1, 0.15) is 93.9 Å². The number of methoxy groups -OCH3 is 1. The minimum Gasteiger partial charge on any atom is -0.384 e. The quantitative estimate of drug-likeness (QED) is 0.366. The van der Waals surface area contributed by atoms with Gasteiger partial charge in [0.15, 0.2) is 0 Å². The zero-order chi connectivity index (χ0) is 18.9. The lowest BCUT2D eigenvalue weighted by Crippen LogP contribution is -2.31. The maximum atomic E-state index is 5.68. The third kappa shape index (κ3) is 6.23. The predicted octanol–water partition coefficient (Wildman–Crippen LogP) is 7.67. The Bertz CT molecular complexity index is 532. The Morgan fingerprint density at radius 3 is 2.23 bits per heavy atom. The molecule has 150 valence electrons. The van der Waals surface area contributed by atoms with Gasteiger partial charge in [-0.1, -0.05) is 64.3 Å². The SMILES string of the molecule is C.C/C=C(/CC)N=C(C)C1=CC(C)=C(C(CCC)(CCC)COC)CC1. The molecule has 26 heavy (non-hydrogen) atoms. The monoisotopic (exact) mass is 361 g/mol. The van der Waals surface area contributed by atoms with E-state index < -0.39 is 0 Å². The molecule has 0 saturated carbocycles. The Labute approximate surface area is 163 Å². The first-order valence-electron chi connectivity index (χ1n) is 10.1. The third-order valence-corrected chi connectivity index (χ3v) is 5.50. The fourth-order valence-corrected chi connectivity index (χ4v) is 4.37. The first kappa shape index (κ1) is 24.8. The Hall–Kier alpha value is -1.15. The van der Waals surface area contributed by atoms with Crippen LogP contribution >= 0.6 is 0 Å². The van der Waals surface area contributed by atoms with E-state index in [0.717, 1.165) is 25.9 Å². The van der Waals surface area contributed by atoms with Gasteiger partial charge in [0.2, 0.25) is 0 Å². The summed E-state index contributed by atoms with van der Waals surface area (Å²) in [5.74, 6) is 0. The second-order valence-corrected chi connectivity index (χ2v) is 7.38. The number of allylic oxidation sites excluding steroid dienone is 5. The lowest BCUT2D eigenvalue weighted by Gasteiger charge is -2.38. The molecule has 0 atom stereocenters. The Morgan fingerprint density at radius 1 is 1.19 bits per heavy atom. The van der Waals surface area contributed by atoms with Crippen molar-refractivity contribution in [2.75, 3.05) is 13.7 Å². The summed E-state index contributed by atoms with van der Waals surface area (Å²) in [4.78, 5) is 4.83. The average Bonchev–Trinajstić information content (AvgIpc) is 2.59. The summed E-state index contributed by atoms with van der Waals surface area (Å²) in [5, 5.41) is 0. The maximum absolute atomic E-state index is 5.68. The molecule has 0 fully saturated rings. The number of ether oxygens (including phenoxy) is 1. The van der Waals surface area contributed by atoms with Crippen molar-refractivity contribution in [2.24, 2.45) is 10.4 Å². The van der Waals surface area contributed by atoms with Crippen molar-refractivity contribution < 1.29 is 4.74 Å². The van der Waals surface area contributed by atoms with Crippen LogP contribution in [0.4, 0.5) is 0 Å². The average molecular weight is 362 g/mol. The molecule has 0 bridgehead atoms. The molecule has 0 spiro atoms. The van der Waals surface area contributed by atoms with Gasteiger partial charge in [-0.25, -0.2) is 0 Å². The molecule has 0 amide bonds. The summed E-state index contributed by atoms with van der Waals surface area (Å²) in [5.41, 5.74) is 7.03. The van der Waals surface area contributed by atoms with Gasteiger partial charge in [-0.05, 0) is 58.4 Å². The zero-order valence-electron chi connectivity index (χ0n) is 17.7. The molecular weight excluding hydrogens is 318 g/mol. The second-order valence-electron chi connectivity index (χ2n) is 7.38. The molecule has 2 nitrogen and oxygen atoms in total. The summed E-state index contributed by atoms with van der Waals surface area (Å²) in [7, 11) is 1.85.